The summed E-state index contributed by atoms with van der Waals surface area (Å²) in [4.78, 5) is 10.9. The summed E-state index contributed by atoms with van der Waals surface area (Å²) in [6.45, 7) is 1.92. The van der Waals surface area contributed by atoms with Gasteiger partial charge in [0.25, 0.3) is 5.69 Å². The Hall–Kier alpha value is -1.82. The molecule has 22 heavy (non-hydrogen) atoms. The van der Waals surface area contributed by atoms with Crippen molar-refractivity contribution >= 4 is 11.4 Å². The first kappa shape index (κ1) is 15.1. The zero-order valence-corrected chi connectivity index (χ0v) is 12.6. The van der Waals surface area contributed by atoms with E-state index in [-0.39, 0.29) is 16.7 Å². The van der Waals surface area contributed by atoms with Gasteiger partial charge in [0.1, 0.15) is 18.5 Å². The summed E-state index contributed by atoms with van der Waals surface area (Å²) in [5, 5.41) is 14.5. The van der Waals surface area contributed by atoms with Crippen LogP contribution in [0.5, 0.6) is 5.75 Å². The molecule has 0 bridgehead atoms. The van der Waals surface area contributed by atoms with Crippen molar-refractivity contribution in [2.24, 2.45) is 5.92 Å². The lowest BCUT2D eigenvalue weighted by atomic mass is 9.89. The molecule has 0 radical (unpaired) electrons. The Morgan fingerprint density at radius 2 is 2.09 bits per heavy atom. The van der Waals surface area contributed by atoms with E-state index in [0.717, 1.165) is 6.54 Å². The van der Waals surface area contributed by atoms with Crippen LogP contribution >= 0.6 is 0 Å². The van der Waals surface area contributed by atoms with Crippen LogP contribution in [0, 0.1) is 16.0 Å². The lowest BCUT2D eigenvalue weighted by Crippen LogP contribution is -2.18. The van der Waals surface area contributed by atoms with Crippen LogP contribution in [-0.2, 0) is 4.74 Å². The number of anilines is 1. The van der Waals surface area contributed by atoms with Gasteiger partial charge in [0.05, 0.1) is 11.5 Å². The van der Waals surface area contributed by atoms with E-state index in [0.29, 0.717) is 30.6 Å². The lowest BCUT2D eigenvalue weighted by Gasteiger charge is -2.23. The third-order valence-electron chi connectivity index (χ3n) is 4.32. The summed E-state index contributed by atoms with van der Waals surface area (Å²) in [5.74, 6) is 1.13. The van der Waals surface area contributed by atoms with E-state index in [1.54, 1.807) is 12.1 Å². The number of nitrogens with zero attached hydrogens (tertiary/aromatic N) is 1. The van der Waals surface area contributed by atoms with Crippen LogP contribution in [0.15, 0.2) is 18.2 Å². The fourth-order valence-electron chi connectivity index (χ4n) is 2.95. The molecular formula is C16H22N2O4. The third-order valence-corrected chi connectivity index (χ3v) is 4.32. The smallest absolute Gasteiger partial charge is 0.296 e. The standard InChI is InChI=1S/C16H22N2O4/c19-18(20)14-7-4-8-15(22-11-13-10-21-13)16(14)17-9-12-5-2-1-3-6-12/h4,7-8,12-13,17H,1-3,5-6,9-11H2. The molecule has 6 nitrogen and oxygen atoms in total. The molecule has 1 atom stereocenters. The predicted octanol–water partition coefficient (Wildman–Crippen LogP) is 3.36. The number of para-hydroxylation sites is 1. The molecule has 1 aromatic rings. The first-order chi connectivity index (χ1) is 10.7. The topological polar surface area (TPSA) is 76.9 Å². The lowest BCUT2D eigenvalue weighted by molar-refractivity contribution is -0.384. The maximum Gasteiger partial charge on any atom is 0.296 e. The molecule has 1 aliphatic heterocycles. The number of hydrogen-bond acceptors (Lipinski definition) is 5. The highest BCUT2D eigenvalue weighted by Gasteiger charge is 2.25. The Morgan fingerprint density at radius 1 is 1.32 bits per heavy atom. The number of nitro groups is 1. The van der Waals surface area contributed by atoms with Crippen molar-refractivity contribution in [3.05, 3.63) is 28.3 Å². The van der Waals surface area contributed by atoms with Crippen LogP contribution in [0.2, 0.25) is 0 Å². The molecule has 1 saturated carbocycles. The average molecular weight is 306 g/mol. The largest absolute Gasteiger partial charge is 0.488 e. The quantitative estimate of drug-likeness (QED) is 0.475. The molecule has 1 saturated heterocycles. The van der Waals surface area contributed by atoms with Gasteiger partial charge in [-0.05, 0) is 24.8 Å². The normalized spacial score (nSPS) is 21.4. The molecule has 0 amide bonds. The van der Waals surface area contributed by atoms with Gasteiger partial charge in [-0.3, -0.25) is 10.1 Å². The molecule has 0 spiro atoms. The zero-order chi connectivity index (χ0) is 15.4. The van der Waals surface area contributed by atoms with Gasteiger partial charge in [-0.1, -0.05) is 25.3 Å². The SMILES string of the molecule is O=[N+]([O-])c1cccc(OCC2CO2)c1NCC1CCCCC1. The molecule has 120 valence electrons. The van der Waals surface area contributed by atoms with Crippen LogP contribution in [0.3, 0.4) is 0 Å². The van der Waals surface area contributed by atoms with Crippen LogP contribution in [0.4, 0.5) is 11.4 Å². The van der Waals surface area contributed by atoms with E-state index in [2.05, 4.69) is 5.32 Å². The fraction of sp³-hybridized carbons (Fsp3) is 0.625. The van der Waals surface area contributed by atoms with Gasteiger partial charge in [0.2, 0.25) is 0 Å². The Morgan fingerprint density at radius 3 is 2.77 bits per heavy atom. The van der Waals surface area contributed by atoms with Crippen LogP contribution < -0.4 is 10.1 Å². The summed E-state index contributed by atoms with van der Waals surface area (Å²) < 4.78 is 10.8. The average Bonchev–Trinajstić information content (AvgIpc) is 3.36. The predicted molar refractivity (Wildman–Crippen MR) is 83.4 cm³/mol. The Labute approximate surface area is 129 Å². The third kappa shape index (κ3) is 3.88. The highest BCUT2D eigenvalue weighted by Crippen LogP contribution is 2.35. The van der Waals surface area contributed by atoms with Crippen molar-refractivity contribution in [1.82, 2.24) is 0 Å². The van der Waals surface area contributed by atoms with Crippen LogP contribution in [0.1, 0.15) is 32.1 Å². The van der Waals surface area contributed by atoms with Gasteiger partial charge in [0.15, 0.2) is 5.69 Å². The highest BCUT2D eigenvalue weighted by atomic mass is 16.6. The molecule has 1 aliphatic carbocycles. The molecular weight excluding hydrogens is 284 g/mol. The highest BCUT2D eigenvalue weighted by molar-refractivity contribution is 5.70. The molecule has 1 unspecified atom stereocenters. The van der Waals surface area contributed by atoms with Crippen molar-refractivity contribution < 1.29 is 14.4 Å². The van der Waals surface area contributed by atoms with E-state index < -0.39 is 0 Å². The minimum Gasteiger partial charge on any atom is -0.488 e. The van der Waals surface area contributed by atoms with Gasteiger partial charge in [0, 0.05) is 12.6 Å². The van der Waals surface area contributed by atoms with Gasteiger partial charge in [-0.25, -0.2) is 0 Å². The van der Waals surface area contributed by atoms with E-state index in [1.807, 2.05) is 0 Å². The molecule has 2 fully saturated rings. The maximum absolute atomic E-state index is 11.3. The number of epoxide rings is 1. The first-order valence-corrected chi connectivity index (χ1v) is 7.99. The Bertz CT molecular complexity index is 525. The number of nitrogens with one attached hydrogen (secondary N) is 1. The number of ether oxygens (including phenoxy) is 2. The van der Waals surface area contributed by atoms with E-state index >= 15 is 0 Å². The number of rotatable bonds is 7. The van der Waals surface area contributed by atoms with Crippen LogP contribution in [0.25, 0.3) is 0 Å². The summed E-state index contributed by atoms with van der Waals surface area (Å²) in [7, 11) is 0. The summed E-state index contributed by atoms with van der Waals surface area (Å²) >= 11 is 0. The number of benzene rings is 1. The van der Waals surface area contributed by atoms with Gasteiger partial charge >= 0.3 is 0 Å². The van der Waals surface area contributed by atoms with E-state index in [4.69, 9.17) is 9.47 Å². The molecule has 0 aromatic heterocycles. The van der Waals surface area contributed by atoms with Crippen molar-refractivity contribution in [1.29, 1.82) is 0 Å². The van der Waals surface area contributed by atoms with Crippen molar-refractivity contribution in [3.63, 3.8) is 0 Å². The monoisotopic (exact) mass is 306 g/mol. The second-order valence-electron chi connectivity index (χ2n) is 6.06. The molecule has 3 rings (SSSR count). The van der Waals surface area contributed by atoms with Crippen molar-refractivity contribution in [2.75, 3.05) is 25.1 Å². The van der Waals surface area contributed by atoms with Gasteiger partial charge in [-0.15, -0.1) is 0 Å². The summed E-state index contributed by atoms with van der Waals surface area (Å²) in [6.07, 6.45) is 6.33. The first-order valence-electron chi connectivity index (χ1n) is 7.99. The van der Waals surface area contributed by atoms with Crippen LogP contribution in [-0.4, -0.2) is 30.8 Å². The number of hydrogen-bond donors (Lipinski definition) is 1. The van der Waals surface area contributed by atoms with Gasteiger partial charge in [-0.2, -0.15) is 0 Å². The summed E-state index contributed by atoms with van der Waals surface area (Å²) in [6, 6.07) is 4.95. The molecule has 6 heteroatoms. The second kappa shape index (κ2) is 6.96. The number of nitro benzene ring substituents is 1. The minimum atomic E-state index is -0.357. The molecule has 1 heterocycles. The van der Waals surface area contributed by atoms with E-state index in [1.165, 1.54) is 38.2 Å². The Kier molecular flexibility index (Phi) is 4.77. The van der Waals surface area contributed by atoms with Gasteiger partial charge < -0.3 is 14.8 Å². The summed E-state index contributed by atoms with van der Waals surface area (Å²) in [5.41, 5.74) is 0.573. The van der Waals surface area contributed by atoms with Crippen molar-refractivity contribution in [3.8, 4) is 5.75 Å². The molecule has 1 aromatic carbocycles. The zero-order valence-electron chi connectivity index (χ0n) is 12.6. The molecule has 1 N–H and O–H groups in total. The molecule has 2 aliphatic rings. The minimum absolute atomic E-state index is 0.0741. The Balaban J connectivity index is 1.70. The van der Waals surface area contributed by atoms with E-state index in [9.17, 15) is 10.1 Å². The maximum atomic E-state index is 11.3. The fourth-order valence-corrected chi connectivity index (χ4v) is 2.95. The second-order valence-corrected chi connectivity index (χ2v) is 6.06. The van der Waals surface area contributed by atoms with Crippen molar-refractivity contribution in [2.45, 2.75) is 38.2 Å².